The minimum atomic E-state index is -3.47. The average molecular weight is 741 g/mol. The van der Waals surface area contributed by atoms with Crippen molar-refractivity contribution < 1.29 is 31.1 Å². The van der Waals surface area contributed by atoms with Gasteiger partial charge in [0, 0.05) is 34.1 Å². The molecule has 270 valence electrons. The van der Waals surface area contributed by atoms with E-state index < -0.39 is 71.1 Å². The number of carbonyl (C=O) groups excluding carboxylic acids is 1. The second-order valence-electron chi connectivity index (χ2n) is 14.0. The molecule has 0 unspecified atom stereocenters. The summed E-state index contributed by atoms with van der Waals surface area (Å²) in [6, 6.07) is 8.14. The van der Waals surface area contributed by atoms with Gasteiger partial charge in [-0.2, -0.15) is 13.9 Å². The zero-order valence-electron chi connectivity index (χ0n) is 28.0. The quantitative estimate of drug-likeness (QED) is 0.0966. The molecule has 3 atom stereocenters. The Kier molecular flexibility index (Phi) is 8.72. The Balaban J connectivity index is 1.35. The highest BCUT2D eigenvalue weighted by atomic mass is 35.5. The lowest BCUT2D eigenvalue weighted by molar-refractivity contribution is -0.123. The highest BCUT2D eigenvalue weighted by molar-refractivity contribution is 6.30. The Hall–Kier alpha value is -5.10. The molecule has 1 aromatic carbocycles. The molecule has 0 spiro atoms. The van der Waals surface area contributed by atoms with Crippen LogP contribution in [0.1, 0.15) is 85.9 Å². The van der Waals surface area contributed by atoms with Crippen molar-refractivity contribution in [2.75, 3.05) is 5.73 Å². The highest BCUT2D eigenvalue weighted by Gasteiger charge is 2.62. The molecule has 0 bridgehead atoms. The second kappa shape index (κ2) is 12.8. The van der Waals surface area contributed by atoms with E-state index in [0.29, 0.717) is 28.3 Å². The number of alkyl halides is 4. The van der Waals surface area contributed by atoms with Crippen molar-refractivity contribution in [1.82, 2.24) is 34.7 Å². The molecule has 4 heterocycles. The van der Waals surface area contributed by atoms with Crippen LogP contribution in [-0.4, -0.2) is 35.3 Å². The summed E-state index contributed by atoms with van der Waals surface area (Å²) in [5.41, 5.74) is 5.53. The van der Waals surface area contributed by atoms with Gasteiger partial charge in [0.1, 0.15) is 40.4 Å². The van der Waals surface area contributed by atoms with Crippen LogP contribution < -0.4 is 11.1 Å². The predicted molar refractivity (Wildman–Crippen MR) is 179 cm³/mol. The van der Waals surface area contributed by atoms with E-state index in [0.717, 1.165) is 12.1 Å². The summed E-state index contributed by atoms with van der Waals surface area (Å²) in [7, 11) is 0. The lowest BCUT2D eigenvalue weighted by Gasteiger charge is -2.34. The van der Waals surface area contributed by atoms with E-state index in [1.807, 2.05) is 20.8 Å². The first-order valence-corrected chi connectivity index (χ1v) is 16.7. The molecule has 4 aromatic heterocycles. The predicted octanol–water partition coefficient (Wildman–Crippen LogP) is 7.54. The van der Waals surface area contributed by atoms with E-state index >= 15 is 8.78 Å². The number of nitrogens with one attached hydrogen (secondary N) is 1. The van der Waals surface area contributed by atoms with Crippen LogP contribution in [0, 0.1) is 34.8 Å². The van der Waals surface area contributed by atoms with Crippen molar-refractivity contribution in [3.8, 4) is 23.0 Å². The Labute approximate surface area is 298 Å². The van der Waals surface area contributed by atoms with Gasteiger partial charge in [-0.1, -0.05) is 17.5 Å². The Bertz CT molecular complexity index is 2280. The molecule has 52 heavy (non-hydrogen) atoms. The first-order valence-electron chi connectivity index (χ1n) is 16.4. The van der Waals surface area contributed by atoms with Crippen molar-refractivity contribution in [2.24, 2.45) is 11.3 Å². The smallest absolute Gasteiger partial charge is 0.293 e. The summed E-state index contributed by atoms with van der Waals surface area (Å²) in [5.74, 6) is -1.93. The number of nitrogen functional groups attached to an aromatic ring is 1. The molecular formula is C36H31ClF6N8O. The van der Waals surface area contributed by atoms with Gasteiger partial charge in [-0.25, -0.2) is 22.5 Å². The molecule has 1 saturated carbocycles. The van der Waals surface area contributed by atoms with Crippen molar-refractivity contribution in [1.29, 1.82) is 0 Å². The molecule has 0 radical (unpaired) electrons. The molecule has 3 N–H and O–H groups in total. The number of hydrogen-bond donors (Lipinski definition) is 2. The molecule has 2 aliphatic rings. The lowest BCUT2D eigenvalue weighted by Crippen LogP contribution is -2.36. The molecular weight excluding hydrogens is 710 g/mol. The molecule has 7 rings (SSSR count). The number of nitrogens with zero attached hydrogens (tertiary/aromatic N) is 6. The van der Waals surface area contributed by atoms with Gasteiger partial charge in [-0.3, -0.25) is 13.9 Å². The summed E-state index contributed by atoms with van der Waals surface area (Å²) in [6.07, 6.45) is -2.90. The first kappa shape index (κ1) is 35.3. The third kappa shape index (κ3) is 6.33. The Morgan fingerprint density at radius 3 is 2.42 bits per heavy atom. The molecule has 2 aliphatic carbocycles. The fraction of sp³-hybridized carbons (Fsp3) is 0.361. The normalized spacial score (nSPS) is 18.1. The zero-order valence-corrected chi connectivity index (χ0v) is 28.7. The molecule has 5 aromatic rings. The lowest BCUT2D eigenvalue weighted by atomic mass is 9.73. The van der Waals surface area contributed by atoms with Crippen LogP contribution in [0.2, 0.25) is 5.15 Å². The van der Waals surface area contributed by atoms with E-state index in [9.17, 15) is 22.4 Å². The molecule has 9 nitrogen and oxygen atoms in total. The molecule has 1 fully saturated rings. The highest BCUT2D eigenvalue weighted by Crippen LogP contribution is 2.63. The maximum atomic E-state index is 15.5. The van der Waals surface area contributed by atoms with Crippen molar-refractivity contribution in [3.05, 3.63) is 93.2 Å². The topological polar surface area (TPSA) is 116 Å². The van der Waals surface area contributed by atoms with Crippen LogP contribution in [0.3, 0.4) is 0 Å². The largest absolute Gasteiger partial charge is 0.368 e. The third-order valence-corrected chi connectivity index (χ3v) is 9.58. The summed E-state index contributed by atoms with van der Waals surface area (Å²) >= 11 is 6.39. The molecule has 1 amide bonds. The van der Waals surface area contributed by atoms with Crippen LogP contribution in [0.5, 0.6) is 0 Å². The van der Waals surface area contributed by atoms with Crippen LogP contribution in [0.4, 0.5) is 32.3 Å². The number of anilines is 1. The van der Waals surface area contributed by atoms with Gasteiger partial charge in [0.15, 0.2) is 5.65 Å². The van der Waals surface area contributed by atoms with Gasteiger partial charge in [0.2, 0.25) is 11.9 Å². The van der Waals surface area contributed by atoms with E-state index in [1.165, 1.54) is 4.40 Å². The minimum Gasteiger partial charge on any atom is -0.368 e. The molecule has 0 saturated heterocycles. The average Bonchev–Trinajstić information content (AvgIpc) is 3.64. The standard InChI is InChI=1S/C36H31ClF6N8O/c1-35(2,3)11-10-20-4-5-21(22-7-9-26(37)51-33(22)47-48-34(51)44)29(45-20)25(14-17-12-18(38)15-19(39)13-17)46-27(52)16-50-31-28(30(49-50)32(40)41)23-6-8-24(23)36(31,42)43/h4-5,7,9,12-13,15,23-25,32H,6,8,14,16H2,1-3H3,(H2,44,48)(H,46,52)/t23-,24+,25-/m0/s1. The maximum Gasteiger partial charge on any atom is 0.293 e. The molecule has 0 aliphatic heterocycles. The number of aromatic nitrogens is 6. The van der Waals surface area contributed by atoms with Gasteiger partial charge < -0.3 is 11.1 Å². The maximum absolute atomic E-state index is 15.5. The number of pyridine rings is 2. The summed E-state index contributed by atoms with van der Waals surface area (Å²) in [6.45, 7) is 4.86. The number of hydrogen-bond acceptors (Lipinski definition) is 6. The SMILES string of the molecule is CC(C)(C)C#Cc1ccc(-c2ccc(Cl)n3c(N)nnc23)c([C@H](Cc2cc(F)cc(F)c2)NC(=O)Cn2nc(C(F)F)c3c2C(F)(F)[C@@H]2CC[C@H]32)n1. The number of amides is 1. The minimum absolute atomic E-state index is 0.00993. The van der Waals surface area contributed by atoms with Crippen molar-refractivity contribution >= 4 is 29.1 Å². The van der Waals surface area contributed by atoms with Crippen molar-refractivity contribution in [2.45, 2.75) is 70.9 Å². The van der Waals surface area contributed by atoms with E-state index in [1.54, 1.807) is 24.3 Å². The van der Waals surface area contributed by atoms with Gasteiger partial charge in [0.25, 0.3) is 12.3 Å². The number of rotatable bonds is 8. The number of halogens is 7. The van der Waals surface area contributed by atoms with Gasteiger partial charge in [0.05, 0.1) is 11.7 Å². The van der Waals surface area contributed by atoms with Crippen LogP contribution in [0.25, 0.3) is 16.8 Å². The Morgan fingerprint density at radius 2 is 1.77 bits per heavy atom. The van der Waals surface area contributed by atoms with Crippen molar-refractivity contribution in [3.63, 3.8) is 0 Å². The first-order chi connectivity index (χ1) is 24.5. The fourth-order valence-corrected chi connectivity index (χ4v) is 7.21. The Morgan fingerprint density at radius 1 is 1.06 bits per heavy atom. The summed E-state index contributed by atoms with van der Waals surface area (Å²) in [5, 5.41) is 14.8. The summed E-state index contributed by atoms with van der Waals surface area (Å²) < 4.78 is 90.2. The number of carbonyl (C=O) groups is 1. The van der Waals surface area contributed by atoms with Gasteiger partial charge in [-0.05, 0) is 93.8 Å². The fourth-order valence-electron chi connectivity index (χ4n) is 6.98. The summed E-state index contributed by atoms with van der Waals surface area (Å²) in [4.78, 5) is 18.7. The van der Waals surface area contributed by atoms with Crippen LogP contribution in [0.15, 0.2) is 42.5 Å². The number of benzene rings is 1. The van der Waals surface area contributed by atoms with E-state index in [-0.39, 0.29) is 52.1 Å². The molecule has 16 heteroatoms. The number of nitrogens with two attached hydrogens (primary N) is 1. The monoisotopic (exact) mass is 740 g/mol. The van der Waals surface area contributed by atoms with Crippen LogP contribution in [-0.2, 0) is 23.7 Å². The third-order valence-electron chi connectivity index (χ3n) is 9.28. The van der Waals surface area contributed by atoms with Gasteiger partial charge >= 0.3 is 0 Å². The van der Waals surface area contributed by atoms with E-state index in [4.69, 9.17) is 22.3 Å². The second-order valence-corrected chi connectivity index (χ2v) is 14.4. The zero-order chi connectivity index (χ0) is 37.3. The van der Waals surface area contributed by atoms with Gasteiger partial charge in [-0.15, -0.1) is 10.2 Å². The number of fused-ring (bicyclic) bond motifs is 4. The van der Waals surface area contributed by atoms with Crippen LogP contribution >= 0.6 is 11.6 Å². The van der Waals surface area contributed by atoms with E-state index in [2.05, 4.69) is 32.5 Å².